The molecule has 0 aliphatic carbocycles. The molecule has 10 heteroatoms. The fraction of sp³-hybridized carbons (Fsp3) is 0.455. The molecule has 0 saturated carbocycles. The largest absolute Gasteiger partial charge is 0.394 e. The summed E-state index contributed by atoms with van der Waals surface area (Å²) in [4.78, 5) is 15.2. The summed E-state index contributed by atoms with van der Waals surface area (Å²) in [5.41, 5.74) is 0.179. The van der Waals surface area contributed by atoms with Crippen molar-refractivity contribution < 1.29 is 14.9 Å². The Morgan fingerprint density at radius 3 is 3.14 bits per heavy atom. The summed E-state index contributed by atoms with van der Waals surface area (Å²) in [6.45, 7) is -0.258. The van der Waals surface area contributed by atoms with E-state index in [4.69, 9.17) is 9.84 Å². The average molecular weight is 292 g/mol. The van der Waals surface area contributed by atoms with Crippen molar-refractivity contribution >= 4 is 16.8 Å². The molecule has 3 atom stereocenters. The number of aromatic amines is 1. The molecule has 3 N–H and O–H groups in total. The summed E-state index contributed by atoms with van der Waals surface area (Å²) in [5.74, 6) is 0.227. The molecular weight excluding hydrogens is 280 g/mol. The fourth-order valence-corrected chi connectivity index (χ4v) is 2.66. The third-order valence-electron chi connectivity index (χ3n) is 3.73. The minimum absolute atomic E-state index is 0.227. The van der Waals surface area contributed by atoms with Crippen LogP contribution in [0.15, 0.2) is 17.1 Å². The summed E-state index contributed by atoms with van der Waals surface area (Å²) in [6.07, 6.45) is 0.170. The molecule has 1 aliphatic rings. The van der Waals surface area contributed by atoms with Gasteiger partial charge in [0.25, 0.3) is 11.3 Å². The highest BCUT2D eigenvalue weighted by atomic mass is 16.5. The van der Waals surface area contributed by atoms with E-state index in [9.17, 15) is 9.90 Å². The van der Waals surface area contributed by atoms with Crippen LogP contribution < -0.4 is 5.56 Å². The molecule has 1 fully saturated rings. The number of aliphatic hydroxyl groups is 2. The highest BCUT2D eigenvalue weighted by Crippen LogP contribution is 2.30. The van der Waals surface area contributed by atoms with Gasteiger partial charge in [0.15, 0.2) is 0 Å². The van der Waals surface area contributed by atoms with Gasteiger partial charge in [-0.2, -0.15) is 0 Å². The number of nitrogens with zero attached hydrogens (tertiary/aromatic N) is 5. The minimum Gasteiger partial charge on any atom is -0.394 e. The molecule has 0 spiro atoms. The Morgan fingerprint density at radius 2 is 2.38 bits per heavy atom. The first-order chi connectivity index (χ1) is 10.2. The Labute approximate surface area is 116 Å². The molecule has 1 saturated heterocycles. The molecule has 4 heterocycles. The van der Waals surface area contributed by atoms with Crippen LogP contribution in [-0.4, -0.2) is 58.6 Å². The van der Waals surface area contributed by atoms with Crippen molar-refractivity contribution in [1.29, 1.82) is 0 Å². The Kier molecular flexibility index (Phi) is 2.58. The second-order valence-electron chi connectivity index (χ2n) is 4.94. The summed E-state index contributed by atoms with van der Waals surface area (Å²) < 4.78 is 8.37. The van der Waals surface area contributed by atoms with Gasteiger partial charge in [0.2, 0.25) is 0 Å². The van der Waals surface area contributed by atoms with E-state index in [1.165, 1.54) is 0 Å². The van der Waals surface area contributed by atoms with Crippen LogP contribution in [0.3, 0.4) is 0 Å². The van der Waals surface area contributed by atoms with Gasteiger partial charge in [-0.15, -0.1) is 4.52 Å². The van der Waals surface area contributed by atoms with Crippen LogP contribution in [0.2, 0.25) is 0 Å². The first-order valence-corrected chi connectivity index (χ1v) is 6.44. The quantitative estimate of drug-likeness (QED) is 0.519. The highest BCUT2D eigenvalue weighted by molar-refractivity contribution is 5.76. The molecule has 1 unspecified atom stereocenters. The lowest BCUT2D eigenvalue weighted by Gasteiger charge is -2.14. The van der Waals surface area contributed by atoms with Gasteiger partial charge in [0.05, 0.1) is 18.1 Å². The van der Waals surface area contributed by atoms with Crippen molar-refractivity contribution in [3.63, 3.8) is 0 Å². The molecule has 110 valence electrons. The zero-order valence-corrected chi connectivity index (χ0v) is 10.7. The SMILES string of the molecule is O=c1c2ccn([C@H]3C[C@@H](O)C(CO)O3)c2[nH]c2nnnn12. The van der Waals surface area contributed by atoms with Crippen LogP contribution in [0.5, 0.6) is 0 Å². The Balaban J connectivity index is 1.87. The number of tetrazole rings is 1. The third-order valence-corrected chi connectivity index (χ3v) is 3.73. The Morgan fingerprint density at radius 1 is 1.52 bits per heavy atom. The van der Waals surface area contributed by atoms with Crippen molar-refractivity contribution in [3.05, 3.63) is 22.6 Å². The molecule has 1 aliphatic heterocycles. The normalized spacial score (nSPS) is 26.1. The number of hydrogen-bond donors (Lipinski definition) is 3. The van der Waals surface area contributed by atoms with Crippen LogP contribution in [-0.2, 0) is 4.74 Å². The first kappa shape index (κ1) is 12.4. The van der Waals surface area contributed by atoms with E-state index >= 15 is 0 Å². The lowest BCUT2D eigenvalue weighted by Crippen LogP contribution is -2.24. The molecule has 3 aromatic rings. The predicted molar refractivity (Wildman–Crippen MR) is 68.5 cm³/mol. The smallest absolute Gasteiger partial charge is 0.286 e. The summed E-state index contributed by atoms with van der Waals surface area (Å²) in [5, 5.41) is 30.2. The monoisotopic (exact) mass is 292 g/mol. The van der Waals surface area contributed by atoms with Gasteiger partial charge in [-0.1, -0.05) is 5.10 Å². The van der Waals surface area contributed by atoms with Crippen LogP contribution >= 0.6 is 0 Å². The molecule has 10 nitrogen and oxygen atoms in total. The van der Waals surface area contributed by atoms with E-state index in [1.54, 1.807) is 16.8 Å². The summed E-state index contributed by atoms with van der Waals surface area (Å²) in [6, 6.07) is 1.64. The molecule has 3 aromatic heterocycles. The minimum atomic E-state index is -0.748. The first-order valence-electron chi connectivity index (χ1n) is 6.44. The molecular formula is C11H12N6O4. The molecule has 0 amide bonds. The number of nitrogens with one attached hydrogen (secondary N) is 1. The van der Waals surface area contributed by atoms with E-state index in [-0.39, 0.29) is 17.9 Å². The van der Waals surface area contributed by atoms with E-state index in [0.29, 0.717) is 17.5 Å². The van der Waals surface area contributed by atoms with Crippen molar-refractivity contribution in [2.45, 2.75) is 24.9 Å². The van der Waals surface area contributed by atoms with Gasteiger partial charge >= 0.3 is 0 Å². The Hall–Kier alpha value is -2.30. The van der Waals surface area contributed by atoms with Crippen molar-refractivity contribution in [1.82, 2.24) is 29.6 Å². The predicted octanol–water partition coefficient (Wildman–Crippen LogP) is -1.59. The van der Waals surface area contributed by atoms with Crippen LogP contribution in [0.25, 0.3) is 16.8 Å². The van der Waals surface area contributed by atoms with Gasteiger partial charge in [0.1, 0.15) is 18.0 Å². The second kappa shape index (κ2) is 4.35. The van der Waals surface area contributed by atoms with Gasteiger partial charge in [-0.3, -0.25) is 4.79 Å². The maximum Gasteiger partial charge on any atom is 0.286 e. The van der Waals surface area contributed by atoms with E-state index in [0.717, 1.165) is 4.52 Å². The number of fused-ring (bicyclic) bond motifs is 2. The van der Waals surface area contributed by atoms with Crippen LogP contribution in [0, 0.1) is 0 Å². The van der Waals surface area contributed by atoms with E-state index in [2.05, 4.69) is 20.5 Å². The standard InChI is InChI=1S/C11H12N6O4/c18-4-7-6(19)3-8(21-7)16-2-1-5-9(16)12-11-13-14-15-17(11)10(5)20/h1-2,6-8,18-19H,3-4H2,(H,12,13,15)/t6-,7?,8-/m1/s1. The zero-order valence-electron chi connectivity index (χ0n) is 10.7. The zero-order chi connectivity index (χ0) is 14.6. The second-order valence-corrected chi connectivity index (χ2v) is 4.94. The maximum absolute atomic E-state index is 12.2. The molecule has 0 bridgehead atoms. The Bertz CT molecular complexity index is 866. The van der Waals surface area contributed by atoms with Crippen molar-refractivity contribution in [2.24, 2.45) is 0 Å². The lowest BCUT2D eigenvalue weighted by molar-refractivity contribution is -0.0430. The number of H-pyrrole nitrogens is 1. The van der Waals surface area contributed by atoms with Crippen LogP contribution in [0.1, 0.15) is 12.6 Å². The van der Waals surface area contributed by atoms with Crippen molar-refractivity contribution in [3.8, 4) is 0 Å². The average Bonchev–Trinajstić information content (AvgIpc) is 3.16. The molecule has 0 aromatic carbocycles. The van der Waals surface area contributed by atoms with Gasteiger partial charge < -0.3 is 24.5 Å². The summed E-state index contributed by atoms with van der Waals surface area (Å²) >= 11 is 0. The number of hydrogen-bond acceptors (Lipinski definition) is 7. The summed E-state index contributed by atoms with van der Waals surface area (Å²) in [7, 11) is 0. The van der Waals surface area contributed by atoms with Gasteiger partial charge in [-0.25, -0.2) is 0 Å². The number of aromatic nitrogens is 6. The van der Waals surface area contributed by atoms with E-state index < -0.39 is 18.4 Å². The van der Waals surface area contributed by atoms with Gasteiger partial charge in [-0.05, 0) is 16.5 Å². The highest BCUT2D eigenvalue weighted by Gasteiger charge is 2.35. The fourth-order valence-electron chi connectivity index (χ4n) is 2.66. The van der Waals surface area contributed by atoms with Crippen molar-refractivity contribution in [2.75, 3.05) is 6.61 Å². The van der Waals surface area contributed by atoms with Crippen LogP contribution in [0.4, 0.5) is 0 Å². The number of rotatable bonds is 2. The molecule has 4 rings (SSSR count). The van der Waals surface area contributed by atoms with E-state index in [1.807, 2.05) is 0 Å². The lowest BCUT2D eigenvalue weighted by atomic mass is 10.2. The maximum atomic E-state index is 12.2. The van der Waals surface area contributed by atoms with Gasteiger partial charge in [0, 0.05) is 12.6 Å². The topological polar surface area (TPSA) is 131 Å². The molecule has 0 radical (unpaired) electrons. The number of aliphatic hydroxyl groups excluding tert-OH is 2. The number of ether oxygens (including phenoxy) is 1. The molecule has 21 heavy (non-hydrogen) atoms. The third kappa shape index (κ3) is 1.70.